The lowest BCUT2D eigenvalue weighted by molar-refractivity contribution is 0.708. The zero-order valence-electron chi connectivity index (χ0n) is 14.7. The van der Waals surface area contributed by atoms with E-state index in [2.05, 4.69) is 21.0 Å². The zero-order valence-corrected chi connectivity index (χ0v) is 15.5. The molecule has 2 aromatic rings. The number of thiazole rings is 1. The maximum Gasteiger partial charge on any atom is 0.227 e. The van der Waals surface area contributed by atoms with E-state index in [0.717, 1.165) is 62.8 Å². The summed E-state index contributed by atoms with van der Waals surface area (Å²) in [7, 11) is 3.98. The molecule has 3 rings (SSSR count). The Balaban J connectivity index is 1.67. The Kier molecular flexibility index (Phi) is 5.63. The second-order valence-electron chi connectivity index (χ2n) is 6.35. The summed E-state index contributed by atoms with van der Waals surface area (Å²) in [6.07, 6.45) is 4.02. The molecule has 0 bridgehead atoms. The number of anilines is 2. The first-order valence-corrected chi connectivity index (χ1v) is 9.44. The molecule has 6 nitrogen and oxygen atoms in total. The predicted molar refractivity (Wildman–Crippen MR) is 100 cm³/mol. The van der Waals surface area contributed by atoms with E-state index in [1.165, 1.54) is 16.3 Å². The van der Waals surface area contributed by atoms with Crippen molar-refractivity contribution in [1.29, 1.82) is 0 Å². The van der Waals surface area contributed by atoms with Crippen LogP contribution in [-0.2, 0) is 19.3 Å². The fourth-order valence-electron chi connectivity index (χ4n) is 2.84. The van der Waals surface area contributed by atoms with Gasteiger partial charge in [-0.2, -0.15) is 4.98 Å². The van der Waals surface area contributed by atoms with Crippen LogP contribution in [0, 0.1) is 6.92 Å². The summed E-state index contributed by atoms with van der Waals surface area (Å²) < 4.78 is 0. The molecule has 0 saturated heterocycles. The molecule has 0 spiro atoms. The lowest BCUT2D eigenvalue weighted by Gasteiger charge is -2.17. The van der Waals surface area contributed by atoms with Gasteiger partial charge in [-0.3, -0.25) is 0 Å². The summed E-state index contributed by atoms with van der Waals surface area (Å²) in [6, 6.07) is 0. The Morgan fingerprint density at radius 1 is 1.21 bits per heavy atom. The first kappa shape index (κ1) is 17.1. The molecular weight excluding hydrogens is 320 g/mol. The summed E-state index contributed by atoms with van der Waals surface area (Å²) in [6.45, 7) is 4.93. The molecule has 0 amide bonds. The molecule has 0 aliphatic carbocycles. The highest BCUT2D eigenvalue weighted by Crippen LogP contribution is 2.22. The summed E-state index contributed by atoms with van der Waals surface area (Å²) in [5.74, 6) is 1.79. The molecule has 0 atom stereocenters. The van der Waals surface area contributed by atoms with Gasteiger partial charge < -0.3 is 15.5 Å². The van der Waals surface area contributed by atoms with Crippen LogP contribution in [0.3, 0.4) is 0 Å². The van der Waals surface area contributed by atoms with E-state index in [1.807, 2.05) is 25.9 Å². The Labute approximate surface area is 147 Å². The molecule has 2 aromatic heterocycles. The average molecular weight is 347 g/mol. The fraction of sp³-hybridized carbons (Fsp3) is 0.588. The van der Waals surface area contributed by atoms with Gasteiger partial charge in [-0.15, -0.1) is 11.3 Å². The molecule has 2 N–H and O–H groups in total. The van der Waals surface area contributed by atoms with Crippen molar-refractivity contribution >= 4 is 23.1 Å². The summed E-state index contributed by atoms with van der Waals surface area (Å²) in [4.78, 5) is 16.0. The smallest absolute Gasteiger partial charge is 0.227 e. The van der Waals surface area contributed by atoms with Crippen molar-refractivity contribution in [3.63, 3.8) is 0 Å². The maximum atomic E-state index is 4.74. The molecule has 1 aliphatic heterocycles. The van der Waals surface area contributed by atoms with Gasteiger partial charge in [-0.1, -0.05) is 0 Å². The lowest BCUT2D eigenvalue weighted by Crippen LogP contribution is -2.18. The quantitative estimate of drug-likeness (QED) is 0.781. The van der Waals surface area contributed by atoms with Crippen molar-refractivity contribution in [2.45, 2.75) is 32.6 Å². The molecule has 0 aromatic carbocycles. The third-order valence-corrected chi connectivity index (χ3v) is 5.12. The summed E-state index contributed by atoms with van der Waals surface area (Å²) in [5, 5.41) is 10.3. The number of aryl methyl sites for hydroxylation is 2. The predicted octanol–water partition coefficient (Wildman–Crippen LogP) is 2.04. The number of nitrogens with zero attached hydrogens (tertiary/aromatic N) is 4. The van der Waals surface area contributed by atoms with Crippen molar-refractivity contribution in [1.82, 2.24) is 20.3 Å². The fourth-order valence-corrected chi connectivity index (χ4v) is 3.66. The van der Waals surface area contributed by atoms with E-state index in [0.29, 0.717) is 0 Å². The van der Waals surface area contributed by atoms with Gasteiger partial charge in [-0.25, -0.2) is 9.97 Å². The topological polar surface area (TPSA) is 66.0 Å². The Hall–Kier alpha value is -1.73. The van der Waals surface area contributed by atoms with E-state index in [1.54, 1.807) is 11.3 Å². The molecule has 24 heavy (non-hydrogen) atoms. The Morgan fingerprint density at radius 3 is 2.79 bits per heavy atom. The largest absolute Gasteiger partial charge is 0.370 e. The molecule has 0 radical (unpaired) electrons. The number of aromatic nitrogens is 3. The van der Waals surface area contributed by atoms with Crippen LogP contribution in [0.15, 0.2) is 5.38 Å². The van der Waals surface area contributed by atoms with Crippen LogP contribution in [0.5, 0.6) is 0 Å². The van der Waals surface area contributed by atoms with E-state index in [9.17, 15) is 0 Å². The summed E-state index contributed by atoms with van der Waals surface area (Å²) in [5.41, 5.74) is 3.57. The van der Waals surface area contributed by atoms with Crippen molar-refractivity contribution in [3.8, 4) is 0 Å². The second-order valence-corrected chi connectivity index (χ2v) is 7.30. The van der Waals surface area contributed by atoms with Gasteiger partial charge >= 0.3 is 0 Å². The van der Waals surface area contributed by atoms with Gasteiger partial charge in [0.15, 0.2) is 0 Å². The number of hydrogen-bond acceptors (Lipinski definition) is 7. The van der Waals surface area contributed by atoms with Crippen LogP contribution in [0.1, 0.15) is 28.4 Å². The first-order valence-electron chi connectivity index (χ1n) is 8.56. The van der Waals surface area contributed by atoms with E-state index in [4.69, 9.17) is 9.97 Å². The van der Waals surface area contributed by atoms with E-state index in [-0.39, 0.29) is 0 Å². The first-order chi connectivity index (χ1) is 11.6. The number of nitrogens with one attached hydrogen (secondary N) is 2. The number of rotatable bonds is 6. The van der Waals surface area contributed by atoms with Gasteiger partial charge in [0, 0.05) is 56.7 Å². The third kappa shape index (κ3) is 4.21. The van der Waals surface area contributed by atoms with Crippen LogP contribution in [0.25, 0.3) is 0 Å². The summed E-state index contributed by atoms with van der Waals surface area (Å²) >= 11 is 1.75. The van der Waals surface area contributed by atoms with Gasteiger partial charge in [0.25, 0.3) is 0 Å². The van der Waals surface area contributed by atoms with Crippen molar-refractivity contribution < 1.29 is 0 Å². The van der Waals surface area contributed by atoms with Gasteiger partial charge in [0.2, 0.25) is 5.95 Å². The van der Waals surface area contributed by atoms with E-state index >= 15 is 0 Å². The minimum atomic E-state index is 0.786. The number of hydrogen-bond donors (Lipinski definition) is 2. The minimum Gasteiger partial charge on any atom is -0.370 e. The third-order valence-electron chi connectivity index (χ3n) is 4.10. The zero-order chi connectivity index (χ0) is 16.9. The van der Waals surface area contributed by atoms with Crippen molar-refractivity contribution in [2.75, 3.05) is 43.9 Å². The van der Waals surface area contributed by atoms with Gasteiger partial charge in [0.05, 0.1) is 10.7 Å². The Bertz CT molecular complexity index is 682. The minimum absolute atomic E-state index is 0.786. The highest BCUT2D eigenvalue weighted by atomic mass is 32.1. The van der Waals surface area contributed by atoms with Gasteiger partial charge in [0.1, 0.15) is 5.82 Å². The van der Waals surface area contributed by atoms with Crippen LogP contribution in [0.4, 0.5) is 11.8 Å². The van der Waals surface area contributed by atoms with Crippen LogP contribution in [-0.4, -0.2) is 48.7 Å². The van der Waals surface area contributed by atoms with Gasteiger partial charge in [-0.05, 0) is 26.3 Å². The molecule has 3 heterocycles. The SMILES string of the molecule is Cc1csc(CCCNc2nc(N(C)C)nc3c2CCNCC3)n1. The molecule has 0 saturated carbocycles. The maximum absolute atomic E-state index is 4.74. The average Bonchev–Trinajstić information content (AvgIpc) is 2.82. The normalized spacial score (nSPS) is 14.1. The molecule has 1 aliphatic rings. The van der Waals surface area contributed by atoms with Crippen molar-refractivity contribution in [3.05, 3.63) is 27.3 Å². The highest BCUT2D eigenvalue weighted by molar-refractivity contribution is 7.09. The number of fused-ring (bicyclic) bond motifs is 1. The molecule has 7 heteroatoms. The molecular formula is C17H26N6S. The Morgan fingerprint density at radius 2 is 2.04 bits per heavy atom. The molecule has 0 unspecified atom stereocenters. The van der Waals surface area contributed by atoms with E-state index < -0.39 is 0 Å². The second kappa shape index (κ2) is 7.90. The van der Waals surface area contributed by atoms with Crippen LogP contribution in [0.2, 0.25) is 0 Å². The molecule has 0 fully saturated rings. The van der Waals surface area contributed by atoms with Crippen molar-refractivity contribution in [2.24, 2.45) is 0 Å². The van der Waals surface area contributed by atoms with Crippen LogP contribution < -0.4 is 15.5 Å². The highest BCUT2D eigenvalue weighted by Gasteiger charge is 2.17. The van der Waals surface area contributed by atoms with Crippen LogP contribution >= 0.6 is 11.3 Å². The standard InChI is InChI=1S/C17H26N6S/c1-12-11-24-15(20-12)5-4-8-19-16-13-6-9-18-10-7-14(13)21-17(22-16)23(2)3/h11,18H,4-10H2,1-3H3,(H,19,21,22). The molecule has 130 valence electrons. The monoisotopic (exact) mass is 346 g/mol. The lowest BCUT2D eigenvalue weighted by atomic mass is 10.1.